The first-order chi connectivity index (χ1) is 9.18. The number of alkyl halides is 3. The normalized spacial score (nSPS) is 14.1. The Morgan fingerprint density at radius 1 is 1.00 bits per heavy atom. The summed E-state index contributed by atoms with van der Waals surface area (Å²) in [4.78, 5) is -0.818. The summed E-state index contributed by atoms with van der Waals surface area (Å²) in [6.07, 6.45) is 0. The van der Waals surface area contributed by atoms with E-state index in [0.29, 0.717) is 5.69 Å². The second kappa shape index (κ2) is 5.17. The highest BCUT2D eigenvalue weighted by Crippen LogP contribution is 2.31. The number of sulfone groups is 1. The molecule has 120 valence electrons. The Labute approximate surface area is 121 Å². The Hall–Kier alpha value is -1.28. The molecule has 0 saturated carbocycles. The summed E-state index contributed by atoms with van der Waals surface area (Å²) in [5.74, 6) is 0. The van der Waals surface area contributed by atoms with E-state index in [1.54, 1.807) is 27.7 Å². The van der Waals surface area contributed by atoms with Crippen molar-refractivity contribution in [3.63, 3.8) is 0 Å². The van der Waals surface area contributed by atoms with Gasteiger partial charge in [-0.1, -0.05) is 0 Å². The smallest absolute Gasteiger partial charge is 0.388 e. The molecule has 0 amide bonds. The van der Waals surface area contributed by atoms with Gasteiger partial charge in [0.15, 0.2) is 0 Å². The first kappa shape index (κ1) is 17.8. The Bertz CT molecular complexity index is 599. The molecular weight excluding hydrogens is 307 g/mol. The average molecular weight is 325 g/mol. The molecule has 0 heterocycles. The van der Waals surface area contributed by atoms with Crippen LogP contribution in [0.5, 0.6) is 0 Å². The summed E-state index contributed by atoms with van der Waals surface area (Å²) < 4.78 is 59.7. The summed E-state index contributed by atoms with van der Waals surface area (Å²) in [7, 11) is -5.34. The SMILES string of the molecule is CC(C)(O)C(C)(C)Nc1ccc(S(=O)(=O)C(F)(F)F)cc1. The molecule has 8 heteroatoms. The quantitative estimate of drug-likeness (QED) is 0.893. The second-order valence-corrected chi connectivity index (χ2v) is 7.72. The highest BCUT2D eigenvalue weighted by molar-refractivity contribution is 7.92. The lowest BCUT2D eigenvalue weighted by Crippen LogP contribution is -2.51. The minimum absolute atomic E-state index is 0.406. The molecule has 0 radical (unpaired) electrons. The van der Waals surface area contributed by atoms with E-state index in [1.165, 1.54) is 12.1 Å². The van der Waals surface area contributed by atoms with Gasteiger partial charge in [-0.2, -0.15) is 13.2 Å². The van der Waals surface area contributed by atoms with Crippen molar-refractivity contribution in [3.8, 4) is 0 Å². The maximum Gasteiger partial charge on any atom is 0.501 e. The van der Waals surface area contributed by atoms with Crippen LogP contribution in [0.25, 0.3) is 0 Å². The van der Waals surface area contributed by atoms with Crippen molar-refractivity contribution in [2.24, 2.45) is 0 Å². The highest BCUT2D eigenvalue weighted by atomic mass is 32.2. The monoisotopic (exact) mass is 325 g/mol. The summed E-state index contributed by atoms with van der Waals surface area (Å²) in [6.45, 7) is 6.60. The zero-order valence-corrected chi connectivity index (χ0v) is 12.9. The number of rotatable bonds is 4. The van der Waals surface area contributed by atoms with Crippen LogP contribution < -0.4 is 5.32 Å². The second-order valence-electron chi connectivity index (χ2n) is 5.78. The summed E-state index contributed by atoms with van der Waals surface area (Å²) in [5, 5.41) is 12.9. The lowest BCUT2D eigenvalue weighted by molar-refractivity contribution is -0.0436. The van der Waals surface area contributed by atoms with Gasteiger partial charge < -0.3 is 10.4 Å². The van der Waals surface area contributed by atoms with Crippen LogP contribution in [0.4, 0.5) is 18.9 Å². The van der Waals surface area contributed by atoms with Gasteiger partial charge in [0, 0.05) is 5.69 Å². The molecule has 1 aromatic carbocycles. The first-order valence-corrected chi connectivity index (χ1v) is 7.59. The van der Waals surface area contributed by atoms with Gasteiger partial charge in [-0.3, -0.25) is 0 Å². The predicted octanol–water partition coefficient (Wildman–Crippen LogP) is 2.94. The molecule has 0 aromatic heterocycles. The minimum Gasteiger partial charge on any atom is -0.388 e. The Kier molecular flexibility index (Phi) is 4.37. The van der Waals surface area contributed by atoms with Crippen LogP contribution in [0.1, 0.15) is 27.7 Å². The minimum atomic E-state index is -5.34. The molecule has 0 bridgehead atoms. The number of nitrogens with one attached hydrogen (secondary N) is 1. The van der Waals surface area contributed by atoms with Crippen molar-refractivity contribution in [2.45, 2.75) is 49.2 Å². The number of halogens is 3. The molecule has 0 fully saturated rings. The van der Waals surface area contributed by atoms with Crippen molar-refractivity contribution in [1.29, 1.82) is 0 Å². The van der Waals surface area contributed by atoms with Gasteiger partial charge in [0.25, 0.3) is 9.84 Å². The standard InChI is InChI=1S/C13H18F3NO3S/c1-11(2,12(3,4)18)17-9-5-7-10(8-6-9)21(19,20)13(14,15)16/h5-8,17-18H,1-4H3. The largest absolute Gasteiger partial charge is 0.501 e. The van der Waals surface area contributed by atoms with Gasteiger partial charge in [0.2, 0.25) is 0 Å². The Morgan fingerprint density at radius 3 is 1.76 bits per heavy atom. The van der Waals surface area contributed by atoms with E-state index in [2.05, 4.69) is 5.32 Å². The molecular formula is C13H18F3NO3S. The van der Waals surface area contributed by atoms with Crippen molar-refractivity contribution in [2.75, 3.05) is 5.32 Å². The van der Waals surface area contributed by atoms with Crippen molar-refractivity contribution < 1.29 is 26.7 Å². The van der Waals surface area contributed by atoms with Gasteiger partial charge in [0.1, 0.15) is 0 Å². The van der Waals surface area contributed by atoms with Crippen LogP contribution >= 0.6 is 0 Å². The topological polar surface area (TPSA) is 66.4 Å². The maximum absolute atomic E-state index is 12.4. The summed E-state index contributed by atoms with van der Waals surface area (Å²) in [5.41, 5.74) is -6.78. The van der Waals surface area contributed by atoms with Crippen LogP contribution in [-0.4, -0.2) is 30.2 Å². The van der Waals surface area contributed by atoms with Crippen molar-refractivity contribution in [1.82, 2.24) is 0 Å². The van der Waals surface area contributed by atoms with E-state index in [1.807, 2.05) is 0 Å². The molecule has 0 unspecified atom stereocenters. The molecule has 1 rings (SSSR count). The molecule has 0 atom stereocenters. The van der Waals surface area contributed by atoms with Crippen LogP contribution in [0.15, 0.2) is 29.2 Å². The molecule has 0 spiro atoms. The molecule has 4 nitrogen and oxygen atoms in total. The third-order valence-electron chi connectivity index (χ3n) is 3.46. The van der Waals surface area contributed by atoms with E-state index in [9.17, 15) is 26.7 Å². The third kappa shape index (κ3) is 3.68. The van der Waals surface area contributed by atoms with Gasteiger partial charge in [-0.05, 0) is 52.0 Å². The van der Waals surface area contributed by atoms with E-state index in [4.69, 9.17) is 0 Å². The van der Waals surface area contributed by atoms with Crippen LogP contribution in [-0.2, 0) is 9.84 Å². The average Bonchev–Trinajstić information content (AvgIpc) is 2.26. The summed E-state index contributed by atoms with van der Waals surface area (Å²) in [6, 6.07) is 4.22. The number of benzene rings is 1. The van der Waals surface area contributed by atoms with Crippen molar-refractivity contribution in [3.05, 3.63) is 24.3 Å². The van der Waals surface area contributed by atoms with E-state index < -0.39 is 31.4 Å². The Morgan fingerprint density at radius 2 is 1.43 bits per heavy atom. The zero-order chi connectivity index (χ0) is 16.7. The third-order valence-corrected chi connectivity index (χ3v) is 4.96. The lowest BCUT2D eigenvalue weighted by atomic mass is 9.86. The van der Waals surface area contributed by atoms with Crippen molar-refractivity contribution >= 4 is 15.5 Å². The predicted molar refractivity (Wildman–Crippen MR) is 73.7 cm³/mol. The zero-order valence-electron chi connectivity index (χ0n) is 12.1. The molecule has 0 aliphatic heterocycles. The molecule has 0 aliphatic carbocycles. The molecule has 0 aliphatic rings. The molecule has 2 N–H and O–H groups in total. The molecule has 1 aromatic rings. The van der Waals surface area contributed by atoms with Gasteiger partial charge >= 0.3 is 5.51 Å². The van der Waals surface area contributed by atoms with Crippen LogP contribution in [0.2, 0.25) is 0 Å². The van der Waals surface area contributed by atoms with Gasteiger partial charge in [-0.15, -0.1) is 0 Å². The fourth-order valence-electron chi connectivity index (χ4n) is 1.36. The molecule has 0 saturated heterocycles. The highest BCUT2D eigenvalue weighted by Gasteiger charge is 2.46. The molecule has 21 heavy (non-hydrogen) atoms. The maximum atomic E-state index is 12.4. The summed E-state index contributed by atoms with van der Waals surface area (Å²) >= 11 is 0. The van der Waals surface area contributed by atoms with Crippen LogP contribution in [0.3, 0.4) is 0 Å². The number of hydrogen-bond acceptors (Lipinski definition) is 4. The van der Waals surface area contributed by atoms with Crippen LogP contribution in [0, 0.1) is 0 Å². The fourth-order valence-corrected chi connectivity index (χ4v) is 2.13. The number of hydrogen-bond donors (Lipinski definition) is 2. The first-order valence-electron chi connectivity index (χ1n) is 6.10. The van der Waals surface area contributed by atoms with Gasteiger partial charge in [-0.25, -0.2) is 8.42 Å². The number of anilines is 1. The number of aliphatic hydroxyl groups is 1. The van der Waals surface area contributed by atoms with E-state index in [-0.39, 0.29) is 0 Å². The van der Waals surface area contributed by atoms with E-state index in [0.717, 1.165) is 12.1 Å². The van der Waals surface area contributed by atoms with Gasteiger partial charge in [0.05, 0.1) is 16.0 Å². The Balaban J connectivity index is 3.06. The fraction of sp³-hybridized carbons (Fsp3) is 0.538. The lowest BCUT2D eigenvalue weighted by Gasteiger charge is -2.38. The van der Waals surface area contributed by atoms with E-state index >= 15 is 0 Å².